The van der Waals surface area contributed by atoms with Crippen LogP contribution in [0.25, 0.3) is 0 Å². The Morgan fingerprint density at radius 1 is 1.19 bits per heavy atom. The number of carbonyl (C=O) groups excluding carboxylic acids is 3. The fourth-order valence-electron chi connectivity index (χ4n) is 2.32. The van der Waals surface area contributed by atoms with Crippen molar-refractivity contribution in [3.8, 4) is 0 Å². The zero-order valence-electron chi connectivity index (χ0n) is 11.1. The molecule has 118 valence electrons. The van der Waals surface area contributed by atoms with E-state index in [0.29, 0.717) is 0 Å². The Kier molecular flexibility index (Phi) is 4.35. The molecule has 0 unspecified atom stereocenters. The Balaban J connectivity index is 1.78. The lowest BCUT2D eigenvalue weighted by Gasteiger charge is -2.35. The topological polar surface area (TPSA) is 81.8 Å². The predicted molar refractivity (Wildman–Crippen MR) is 64.2 cm³/mol. The highest BCUT2D eigenvalue weighted by molar-refractivity contribution is 6.05. The lowest BCUT2D eigenvalue weighted by Crippen LogP contribution is -2.51. The largest absolute Gasteiger partial charge is 0.401 e. The molecule has 2 fully saturated rings. The molecule has 2 rings (SSSR count). The van der Waals surface area contributed by atoms with Crippen LogP contribution in [0.15, 0.2) is 0 Å². The first-order chi connectivity index (χ1) is 9.74. The van der Waals surface area contributed by atoms with Crippen LogP contribution in [0.2, 0.25) is 0 Å². The van der Waals surface area contributed by atoms with Gasteiger partial charge in [-0.05, 0) is 0 Å². The van der Waals surface area contributed by atoms with Gasteiger partial charge in [0.2, 0.25) is 5.91 Å². The number of halogens is 3. The SMILES string of the molecule is O=C1NC(=O)[C@H](CC(=O)N2CCN(CC(F)(F)F)CC2)N1. The van der Waals surface area contributed by atoms with E-state index in [1.165, 1.54) is 9.80 Å². The lowest BCUT2D eigenvalue weighted by atomic mass is 10.1. The van der Waals surface area contributed by atoms with E-state index in [4.69, 9.17) is 0 Å². The number of hydrogen-bond acceptors (Lipinski definition) is 4. The summed E-state index contributed by atoms with van der Waals surface area (Å²) in [6.07, 6.45) is -4.44. The van der Waals surface area contributed by atoms with Crippen LogP contribution in [0, 0.1) is 0 Å². The van der Waals surface area contributed by atoms with Crippen LogP contribution in [0.3, 0.4) is 0 Å². The van der Waals surface area contributed by atoms with Crippen molar-refractivity contribution in [2.45, 2.75) is 18.6 Å². The van der Waals surface area contributed by atoms with E-state index < -0.39 is 30.7 Å². The summed E-state index contributed by atoms with van der Waals surface area (Å²) in [7, 11) is 0. The van der Waals surface area contributed by atoms with Crippen LogP contribution in [-0.4, -0.2) is 72.6 Å². The van der Waals surface area contributed by atoms with E-state index in [2.05, 4.69) is 5.32 Å². The van der Waals surface area contributed by atoms with Gasteiger partial charge in [0.05, 0.1) is 13.0 Å². The van der Waals surface area contributed by atoms with Crippen molar-refractivity contribution < 1.29 is 27.6 Å². The van der Waals surface area contributed by atoms with E-state index in [-0.39, 0.29) is 38.5 Å². The molecule has 2 heterocycles. The summed E-state index contributed by atoms with van der Waals surface area (Å²) in [5.41, 5.74) is 0. The van der Waals surface area contributed by atoms with Crippen molar-refractivity contribution in [3.05, 3.63) is 0 Å². The van der Waals surface area contributed by atoms with Gasteiger partial charge in [-0.1, -0.05) is 0 Å². The van der Waals surface area contributed by atoms with Gasteiger partial charge in [-0.3, -0.25) is 19.8 Å². The van der Waals surface area contributed by atoms with E-state index in [1.807, 2.05) is 5.32 Å². The van der Waals surface area contributed by atoms with Gasteiger partial charge >= 0.3 is 12.2 Å². The third kappa shape index (κ3) is 4.31. The Morgan fingerprint density at radius 2 is 1.81 bits per heavy atom. The third-order valence-electron chi connectivity index (χ3n) is 3.37. The fraction of sp³-hybridized carbons (Fsp3) is 0.727. The Bertz CT molecular complexity index is 446. The second kappa shape index (κ2) is 5.88. The molecule has 0 aromatic carbocycles. The van der Waals surface area contributed by atoms with Crippen LogP contribution in [0.4, 0.5) is 18.0 Å². The second-order valence-corrected chi connectivity index (χ2v) is 4.99. The van der Waals surface area contributed by atoms with Crippen molar-refractivity contribution in [2.75, 3.05) is 32.7 Å². The Hall–Kier alpha value is -1.84. The monoisotopic (exact) mass is 308 g/mol. The molecule has 10 heteroatoms. The maximum atomic E-state index is 12.2. The number of alkyl halides is 3. The van der Waals surface area contributed by atoms with Crippen LogP contribution in [0.5, 0.6) is 0 Å². The summed E-state index contributed by atoms with van der Waals surface area (Å²) < 4.78 is 36.7. The number of nitrogens with one attached hydrogen (secondary N) is 2. The minimum atomic E-state index is -4.25. The zero-order chi connectivity index (χ0) is 15.6. The molecule has 1 atom stereocenters. The zero-order valence-corrected chi connectivity index (χ0v) is 11.1. The predicted octanol–water partition coefficient (Wildman–Crippen LogP) is -0.709. The van der Waals surface area contributed by atoms with E-state index in [9.17, 15) is 27.6 Å². The first-order valence-corrected chi connectivity index (χ1v) is 6.43. The fourth-order valence-corrected chi connectivity index (χ4v) is 2.32. The summed E-state index contributed by atoms with van der Waals surface area (Å²) in [6.45, 7) is -0.368. The number of imide groups is 1. The average molecular weight is 308 g/mol. The minimum Gasteiger partial charge on any atom is -0.340 e. The highest BCUT2D eigenvalue weighted by Gasteiger charge is 2.35. The van der Waals surface area contributed by atoms with Gasteiger partial charge in [0.15, 0.2) is 0 Å². The van der Waals surface area contributed by atoms with Crippen LogP contribution in [0.1, 0.15) is 6.42 Å². The molecular weight excluding hydrogens is 293 g/mol. The summed E-state index contributed by atoms with van der Waals surface area (Å²) in [5.74, 6) is -0.923. The average Bonchev–Trinajstić information content (AvgIpc) is 2.66. The van der Waals surface area contributed by atoms with Crippen LogP contribution >= 0.6 is 0 Å². The summed E-state index contributed by atoms with van der Waals surface area (Å²) >= 11 is 0. The number of urea groups is 1. The molecule has 4 amide bonds. The molecule has 0 saturated carbocycles. The smallest absolute Gasteiger partial charge is 0.340 e. The molecule has 0 bridgehead atoms. The molecule has 0 aliphatic carbocycles. The van der Waals surface area contributed by atoms with Gasteiger partial charge < -0.3 is 10.2 Å². The van der Waals surface area contributed by atoms with Crippen molar-refractivity contribution in [2.24, 2.45) is 0 Å². The highest BCUT2D eigenvalue weighted by atomic mass is 19.4. The van der Waals surface area contributed by atoms with Gasteiger partial charge in [-0.15, -0.1) is 0 Å². The Morgan fingerprint density at radius 3 is 2.29 bits per heavy atom. The van der Waals surface area contributed by atoms with Gasteiger partial charge in [0.1, 0.15) is 6.04 Å². The number of hydrogen-bond donors (Lipinski definition) is 2. The van der Waals surface area contributed by atoms with Gasteiger partial charge in [-0.2, -0.15) is 13.2 Å². The third-order valence-corrected chi connectivity index (χ3v) is 3.37. The van der Waals surface area contributed by atoms with Crippen molar-refractivity contribution in [1.82, 2.24) is 20.4 Å². The van der Waals surface area contributed by atoms with Crippen LogP contribution < -0.4 is 10.6 Å². The molecule has 0 spiro atoms. The standard InChI is InChI=1S/C11H15F3N4O3/c12-11(13,14)6-17-1-3-18(4-2-17)8(19)5-7-9(20)16-10(21)15-7/h7H,1-6H2,(H2,15,16,20,21)/t7-/m0/s1. The first kappa shape index (κ1) is 15.5. The second-order valence-electron chi connectivity index (χ2n) is 4.99. The van der Waals surface area contributed by atoms with E-state index >= 15 is 0 Å². The maximum Gasteiger partial charge on any atom is 0.401 e. The number of nitrogens with zero attached hydrogens (tertiary/aromatic N) is 2. The minimum absolute atomic E-state index is 0.133. The summed E-state index contributed by atoms with van der Waals surface area (Å²) in [5, 5.41) is 4.32. The first-order valence-electron chi connectivity index (χ1n) is 6.43. The molecule has 21 heavy (non-hydrogen) atoms. The number of piperazine rings is 1. The molecular formula is C11H15F3N4O3. The van der Waals surface area contributed by atoms with E-state index in [0.717, 1.165) is 0 Å². The lowest BCUT2D eigenvalue weighted by molar-refractivity contribution is -0.152. The Labute approximate surface area is 118 Å². The number of carbonyl (C=O) groups is 3. The van der Waals surface area contributed by atoms with Crippen molar-refractivity contribution >= 4 is 17.8 Å². The molecule has 0 aromatic rings. The molecule has 7 nitrogen and oxygen atoms in total. The van der Waals surface area contributed by atoms with E-state index in [1.54, 1.807) is 0 Å². The van der Waals surface area contributed by atoms with Gasteiger partial charge in [-0.25, -0.2) is 4.79 Å². The van der Waals surface area contributed by atoms with Crippen LogP contribution in [-0.2, 0) is 9.59 Å². The van der Waals surface area contributed by atoms with Crippen molar-refractivity contribution in [1.29, 1.82) is 0 Å². The summed E-state index contributed by atoms with van der Waals surface area (Å²) in [6, 6.07) is -1.55. The molecule has 2 saturated heterocycles. The molecule has 0 radical (unpaired) electrons. The maximum absolute atomic E-state index is 12.2. The highest BCUT2D eigenvalue weighted by Crippen LogP contribution is 2.17. The molecule has 2 N–H and O–H groups in total. The van der Waals surface area contributed by atoms with Gasteiger partial charge in [0.25, 0.3) is 5.91 Å². The number of amides is 4. The van der Waals surface area contributed by atoms with Gasteiger partial charge in [0, 0.05) is 26.2 Å². The number of rotatable bonds is 3. The normalized spacial score (nSPS) is 24.0. The molecule has 0 aromatic heterocycles. The quantitative estimate of drug-likeness (QED) is 0.675. The summed E-state index contributed by atoms with van der Waals surface area (Å²) in [4.78, 5) is 36.8. The molecule has 2 aliphatic rings. The molecule has 2 aliphatic heterocycles. The van der Waals surface area contributed by atoms with Crippen molar-refractivity contribution in [3.63, 3.8) is 0 Å².